The molecule has 0 saturated carbocycles. The second kappa shape index (κ2) is 4.10. The highest BCUT2D eigenvalue weighted by atomic mass is 79.9. The van der Waals surface area contributed by atoms with Gasteiger partial charge in [0.05, 0.1) is 11.1 Å². The van der Waals surface area contributed by atoms with Crippen molar-refractivity contribution in [1.29, 1.82) is 0 Å². The average molecular weight is 253 g/mol. The van der Waals surface area contributed by atoms with Crippen molar-refractivity contribution in [3.8, 4) is 0 Å². The number of rotatable bonds is 2. The molecule has 1 aromatic carbocycles. The average Bonchev–Trinajstić information content (AvgIpc) is 2.08. The van der Waals surface area contributed by atoms with Crippen molar-refractivity contribution in [3.05, 3.63) is 29.0 Å². The normalized spacial score (nSPS) is 10.0. The predicted molar refractivity (Wildman–Crippen MR) is 53.6 cm³/mol. The molecule has 0 saturated heterocycles. The van der Waals surface area contributed by atoms with E-state index in [-0.39, 0.29) is 5.82 Å². The molecule has 0 aliphatic heterocycles. The van der Waals surface area contributed by atoms with Gasteiger partial charge < -0.3 is 4.90 Å². The molecular weight excluding hydrogens is 244 g/mol. The van der Waals surface area contributed by atoms with Crippen LogP contribution in [0.1, 0.15) is 0 Å². The van der Waals surface area contributed by atoms with Crippen molar-refractivity contribution in [3.63, 3.8) is 0 Å². The standard InChI is InChI=1S/C8H8BrClFN/c1-12(5-9)8-4-6(10)2-3-7(8)11/h2-4H,5H2,1H3. The minimum atomic E-state index is -0.263. The van der Waals surface area contributed by atoms with Gasteiger partial charge in [0.2, 0.25) is 0 Å². The summed E-state index contributed by atoms with van der Waals surface area (Å²) >= 11 is 8.94. The maximum absolute atomic E-state index is 13.1. The third kappa shape index (κ3) is 2.11. The number of nitrogens with zero attached hydrogens (tertiary/aromatic N) is 1. The van der Waals surface area contributed by atoms with E-state index in [2.05, 4.69) is 15.9 Å². The fourth-order valence-electron chi connectivity index (χ4n) is 0.843. The minimum Gasteiger partial charge on any atom is -0.362 e. The van der Waals surface area contributed by atoms with Crippen LogP contribution in [0.3, 0.4) is 0 Å². The van der Waals surface area contributed by atoms with E-state index in [4.69, 9.17) is 11.6 Å². The van der Waals surface area contributed by atoms with Crippen molar-refractivity contribution in [1.82, 2.24) is 0 Å². The molecule has 0 amide bonds. The van der Waals surface area contributed by atoms with Crippen molar-refractivity contribution in [2.24, 2.45) is 0 Å². The Kier molecular flexibility index (Phi) is 3.35. The van der Waals surface area contributed by atoms with Crippen LogP contribution in [0.25, 0.3) is 0 Å². The lowest BCUT2D eigenvalue weighted by Crippen LogP contribution is -2.15. The van der Waals surface area contributed by atoms with Crippen LogP contribution in [0.2, 0.25) is 5.02 Å². The highest BCUT2D eigenvalue weighted by Gasteiger charge is 2.05. The van der Waals surface area contributed by atoms with Gasteiger partial charge in [0, 0.05) is 12.1 Å². The largest absolute Gasteiger partial charge is 0.362 e. The van der Waals surface area contributed by atoms with Crippen molar-refractivity contribution in [2.45, 2.75) is 0 Å². The molecule has 0 radical (unpaired) electrons. The number of hydrogen-bond donors (Lipinski definition) is 0. The van der Waals surface area contributed by atoms with Crippen LogP contribution in [0.4, 0.5) is 10.1 Å². The Morgan fingerprint density at radius 3 is 2.83 bits per heavy atom. The monoisotopic (exact) mass is 251 g/mol. The maximum atomic E-state index is 13.1. The quantitative estimate of drug-likeness (QED) is 0.577. The zero-order chi connectivity index (χ0) is 9.14. The van der Waals surface area contributed by atoms with E-state index in [9.17, 15) is 4.39 Å². The van der Waals surface area contributed by atoms with Crippen LogP contribution in [-0.4, -0.2) is 12.5 Å². The summed E-state index contributed by atoms with van der Waals surface area (Å²) < 4.78 is 13.1. The van der Waals surface area contributed by atoms with Gasteiger partial charge in [0.25, 0.3) is 0 Å². The Balaban J connectivity index is 3.04. The lowest BCUT2D eigenvalue weighted by atomic mass is 10.3. The smallest absolute Gasteiger partial charge is 0.146 e. The van der Waals surface area contributed by atoms with Crippen LogP contribution in [-0.2, 0) is 0 Å². The zero-order valence-electron chi connectivity index (χ0n) is 6.52. The van der Waals surface area contributed by atoms with Gasteiger partial charge in [-0.15, -0.1) is 0 Å². The van der Waals surface area contributed by atoms with Gasteiger partial charge in [0.1, 0.15) is 5.82 Å². The molecule has 0 bridgehead atoms. The Labute approximate surface area is 84.3 Å². The molecule has 0 spiro atoms. The van der Waals surface area contributed by atoms with Crippen LogP contribution in [0.15, 0.2) is 18.2 Å². The molecule has 1 aromatic rings. The molecule has 0 unspecified atom stereocenters. The Morgan fingerprint density at radius 1 is 1.58 bits per heavy atom. The van der Waals surface area contributed by atoms with Crippen LogP contribution in [0.5, 0.6) is 0 Å². The highest BCUT2D eigenvalue weighted by Crippen LogP contribution is 2.22. The van der Waals surface area contributed by atoms with Crippen LogP contribution in [0, 0.1) is 5.82 Å². The summed E-state index contributed by atoms with van der Waals surface area (Å²) in [5, 5.41) is 0.541. The summed E-state index contributed by atoms with van der Waals surface area (Å²) in [4.78, 5) is 1.72. The molecule has 0 heterocycles. The van der Waals surface area contributed by atoms with Gasteiger partial charge in [-0.1, -0.05) is 27.5 Å². The summed E-state index contributed by atoms with van der Waals surface area (Å²) in [6.45, 7) is 0. The summed E-state index contributed by atoms with van der Waals surface area (Å²) in [6.07, 6.45) is 0. The van der Waals surface area contributed by atoms with Gasteiger partial charge in [-0.2, -0.15) is 0 Å². The number of anilines is 1. The SMILES string of the molecule is CN(CBr)c1cc(Cl)ccc1F. The second-order valence-corrected chi connectivity index (χ2v) is 3.35. The first kappa shape index (κ1) is 9.81. The molecule has 0 aromatic heterocycles. The van der Waals surface area contributed by atoms with Crippen molar-refractivity contribution < 1.29 is 4.39 Å². The van der Waals surface area contributed by atoms with Gasteiger partial charge in [0.15, 0.2) is 0 Å². The van der Waals surface area contributed by atoms with Gasteiger partial charge in [-0.05, 0) is 18.2 Å². The molecule has 1 rings (SSSR count). The van der Waals surface area contributed by atoms with Crippen molar-refractivity contribution in [2.75, 3.05) is 17.4 Å². The summed E-state index contributed by atoms with van der Waals surface area (Å²) in [7, 11) is 1.78. The minimum absolute atomic E-state index is 0.263. The first-order valence-corrected chi connectivity index (χ1v) is 4.87. The number of benzene rings is 1. The van der Waals surface area contributed by atoms with E-state index in [1.807, 2.05) is 0 Å². The molecular formula is C8H8BrClFN. The van der Waals surface area contributed by atoms with E-state index < -0.39 is 0 Å². The first-order valence-electron chi connectivity index (χ1n) is 3.37. The van der Waals surface area contributed by atoms with E-state index in [0.29, 0.717) is 16.2 Å². The fraction of sp³-hybridized carbons (Fsp3) is 0.250. The molecule has 0 aliphatic carbocycles. The molecule has 12 heavy (non-hydrogen) atoms. The van der Waals surface area contributed by atoms with E-state index in [1.165, 1.54) is 12.1 Å². The summed E-state index contributed by atoms with van der Waals surface area (Å²) in [6, 6.07) is 4.48. The van der Waals surface area contributed by atoms with Gasteiger partial charge in [-0.3, -0.25) is 0 Å². The fourth-order valence-corrected chi connectivity index (χ4v) is 1.28. The Hall–Kier alpha value is -0.280. The maximum Gasteiger partial charge on any atom is 0.146 e. The predicted octanol–water partition coefficient (Wildman–Crippen LogP) is 3.27. The van der Waals surface area contributed by atoms with Crippen LogP contribution >= 0.6 is 27.5 Å². The molecule has 0 atom stereocenters. The summed E-state index contributed by atoms with van der Waals surface area (Å²) in [5.74, 6) is -0.263. The lowest BCUT2D eigenvalue weighted by Gasteiger charge is -2.16. The van der Waals surface area contributed by atoms with Crippen LogP contribution < -0.4 is 4.90 Å². The molecule has 1 nitrogen and oxygen atoms in total. The van der Waals surface area contributed by atoms with Gasteiger partial charge >= 0.3 is 0 Å². The molecule has 0 fully saturated rings. The Morgan fingerprint density at radius 2 is 2.25 bits per heavy atom. The third-order valence-corrected chi connectivity index (χ3v) is 2.49. The summed E-state index contributed by atoms with van der Waals surface area (Å²) in [5.41, 5.74) is 1.07. The first-order chi connectivity index (χ1) is 5.65. The Bertz CT molecular complexity index is 280. The molecule has 66 valence electrons. The molecule has 4 heteroatoms. The molecule has 0 N–H and O–H groups in total. The number of halogens is 3. The highest BCUT2D eigenvalue weighted by molar-refractivity contribution is 9.09. The number of hydrogen-bond acceptors (Lipinski definition) is 1. The zero-order valence-corrected chi connectivity index (χ0v) is 8.86. The number of alkyl halides is 1. The van der Waals surface area contributed by atoms with Gasteiger partial charge in [-0.25, -0.2) is 4.39 Å². The topological polar surface area (TPSA) is 3.24 Å². The van der Waals surface area contributed by atoms with E-state index in [0.717, 1.165) is 0 Å². The van der Waals surface area contributed by atoms with E-state index in [1.54, 1.807) is 18.0 Å². The third-order valence-electron chi connectivity index (χ3n) is 1.50. The second-order valence-electron chi connectivity index (χ2n) is 2.41. The van der Waals surface area contributed by atoms with Crippen molar-refractivity contribution >= 4 is 33.2 Å². The lowest BCUT2D eigenvalue weighted by molar-refractivity contribution is 0.626. The van der Waals surface area contributed by atoms with E-state index >= 15 is 0 Å². The molecule has 0 aliphatic rings.